The van der Waals surface area contributed by atoms with E-state index in [1.807, 2.05) is 37.3 Å². The molecule has 7 heteroatoms. The lowest BCUT2D eigenvalue weighted by atomic mass is 9.85. The van der Waals surface area contributed by atoms with Crippen LogP contribution in [0, 0.1) is 0 Å². The van der Waals surface area contributed by atoms with E-state index >= 15 is 0 Å². The van der Waals surface area contributed by atoms with E-state index in [-0.39, 0.29) is 18.4 Å². The minimum Gasteiger partial charge on any atom is -0.438 e. The van der Waals surface area contributed by atoms with Crippen LogP contribution >= 0.6 is 0 Å². The van der Waals surface area contributed by atoms with Gasteiger partial charge in [0.1, 0.15) is 11.4 Å². The summed E-state index contributed by atoms with van der Waals surface area (Å²) >= 11 is 0. The molecule has 1 saturated heterocycles. The highest BCUT2D eigenvalue weighted by Gasteiger charge is 2.43. The summed E-state index contributed by atoms with van der Waals surface area (Å²) in [6.45, 7) is -0.669. The summed E-state index contributed by atoms with van der Waals surface area (Å²) in [4.78, 5) is 14.4. The van der Waals surface area contributed by atoms with Crippen molar-refractivity contribution in [1.29, 1.82) is 0 Å². The molecule has 1 aliphatic rings. The van der Waals surface area contributed by atoms with E-state index in [4.69, 9.17) is 4.74 Å². The molecular weight excluding hydrogens is 368 g/mol. The molecule has 1 heterocycles. The highest BCUT2D eigenvalue weighted by molar-refractivity contribution is 5.70. The predicted octanol–water partition coefficient (Wildman–Crippen LogP) is 4.47. The van der Waals surface area contributed by atoms with Crippen LogP contribution in [-0.2, 0) is 10.3 Å². The molecule has 2 aromatic rings. The Hall–Kier alpha value is -2.67. The van der Waals surface area contributed by atoms with Crippen molar-refractivity contribution < 1.29 is 28.2 Å². The first-order valence-corrected chi connectivity index (χ1v) is 9.16. The van der Waals surface area contributed by atoms with Crippen LogP contribution in [0.2, 0.25) is 0 Å². The molecule has 0 radical (unpaired) electrons. The Morgan fingerprint density at radius 1 is 1.18 bits per heavy atom. The number of halogens is 2. The van der Waals surface area contributed by atoms with E-state index < -0.39 is 18.3 Å². The molecule has 0 aromatic heterocycles. The first kappa shape index (κ1) is 20.1. The van der Waals surface area contributed by atoms with Crippen molar-refractivity contribution in [3.8, 4) is 5.75 Å². The van der Waals surface area contributed by atoms with Gasteiger partial charge in [0.2, 0.25) is 0 Å². The zero-order chi connectivity index (χ0) is 20.1. The zero-order valence-corrected chi connectivity index (χ0v) is 15.6. The summed E-state index contributed by atoms with van der Waals surface area (Å²) in [5, 5.41) is 9.50. The molecular formula is C21H23F2NO4. The molecule has 150 valence electrons. The number of nitrogens with zero attached hydrogens (tertiary/aromatic N) is 1. The van der Waals surface area contributed by atoms with Gasteiger partial charge in [-0.05, 0) is 30.2 Å². The maximum Gasteiger partial charge on any atom is 0.411 e. The van der Waals surface area contributed by atoms with Gasteiger partial charge in [0, 0.05) is 26.0 Å². The summed E-state index contributed by atoms with van der Waals surface area (Å²) < 4.78 is 34.8. The lowest BCUT2D eigenvalue weighted by molar-refractivity contribution is -0.0718. The Balaban J connectivity index is 1.74. The first-order chi connectivity index (χ1) is 13.4. The van der Waals surface area contributed by atoms with Crippen LogP contribution in [0.4, 0.5) is 13.6 Å². The number of aliphatic hydroxyl groups is 1. The van der Waals surface area contributed by atoms with Crippen molar-refractivity contribution in [2.24, 2.45) is 0 Å². The fourth-order valence-corrected chi connectivity index (χ4v) is 3.57. The Labute approximate surface area is 162 Å². The number of hydrogen-bond donors (Lipinski definition) is 1. The standard InChI is InChI=1S/C21H23F2NO4/c1-15(16-7-9-18(10-8-16)27-19(22)23)24-13-11-21(12-14-25,28-20(24)26)17-5-3-2-4-6-17/h2-10,15,19,25H,11-14H2,1H3/t15-,21?/m0/s1. The average molecular weight is 391 g/mol. The zero-order valence-electron chi connectivity index (χ0n) is 15.6. The smallest absolute Gasteiger partial charge is 0.411 e. The summed E-state index contributed by atoms with van der Waals surface area (Å²) in [7, 11) is 0. The Morgan fingerprint density at radius 3 is 2.43 bits per heavy atom. The fourth-order valence-electron chi connectivity index (χ4n) is 3.57. The molecule has 1 N–H and O–H groups in total. The van der Waals surface area contributed by atoms with Crippen molar-refractivity contribution in [3.63, 3.8) is 0 Å². The van der Waals surface area contributed by atoms with Crippen molar-refractivity contribution in [1.82, 2.24) is 4.90 Å². The van der Waals surface area contributed by atoms with Gasteiger partial charge in [-0.2, -0.15) is 8.78 Å². The van der Waals surface area contributed by atoms with Crippen LogP contribution < -0.4 is 4.74 Å². The van der Waals surface area contributed by atoms with E-state index in [9.17, 15) is 18.7 Å². The van der Waals surface area contributed by atoms with Crippen LogP contribution in [-0.4, -0.2) is 35.9 Å². The van der Waals surface area contributed by atoms with Gasteiger partial charge in [-0.1, -0.05) is 42.5 Å². The molecule has 1 amide bonds. The highest BCUT2D eigenvalue weighted by Crippen LogP contribution is 2.39. The summed E-state index contributed by atoms with van der Waals surface area (Å²) in [6, 6.07) is 15.3. The van der Waals surface area contributed by atoms with Crippen molar-refractivity contribution in [3.05, 3.63) is 65.7 Å². The molecule has 0 bridgehead atoms. The van der Waals surface area contributed by atoms with Gasteiger partial charge < -0.3 is 19.5 Å². The number of benzene rings is 2. The van der Waals surface area contributed by atoms with Crippen LogP contribution in [0.15, 0.2) is 54.6 Å². The summed E-state index contributed by atoms with van der Waals surface area (Å²) in [5.74, 6) is 0.0678. The molecule has 28 heavy (non-hydrogen) atoms. The number of rotatable bonds is 7. The maximum absolute atomic E-state index is 12.8. The molecule has 1 fully saturated rings. The molecule has 2 atom stereocenters. The van der Waals surface area contributed by atoms with Crippen molar-refractivity contribution >= 4 is 6.09 Å². The highest BCUT2D eigenvalue weighted by atomic mass is 19.3. The second kappa shape index (κ2) is 8.56. The van der Waals surface area contributed by atoms with Gasteiger partial charge in [-0.15, -0.1) is 0 Å². The quantitative estimate of drug-likeness (QED) is 0.757. The molecule has 5 nitrogen and oxygen atoms in total. The minimum atomic E-state index is -2.88. The second-order valence-corrected chi connectivity index (χ2v) is 6.77. The van der Waals surface area contributed by atoms with Gasteiger partial charge >= 0.3 is 12.7 Å². The number of carbonyl (C=O) groups is 1. The number of amides is 1. The Kier molecular flexibility index (Phi) is 6.14. The lowest BCUT2D eigenvalue weighted by Gasteiger charge is -2.43. The fraction of sp³-hybridized carbons (Fsp3) is 0.381. The summed E-state index contributed by atoms with van der Waals surface area (Å²) in [5.41, 5.74) is 0.796. The third-order valence-corrected chi connectivity index (χ3v) is 5.14. The van der Waals surface area contributed by atoms with Crippen LogP contribution in [0.3, 0.4) is 0 Å². The minimum absolute atomic E-state index is 0.0678. The monoisotopic (exact) mass is 391 g/mol. The second-order valence-electron chi connectivity index (χ2n) is 6.77. The van der Waals surface area contributed by atoms with Gasteiger partial charge in [0.05, 0.1) is 6.04 Å². The Bertz CT molecular complexity index is 785. The van der Waals surface area contributed by atoms with E-state index in [1.165, 1.54) is 12.1 Å². The largest absolute Gasteiger partial charge is 0.438 e. The molecule has 1 aliphatic heterocycles. The van der Waals surface area contributed by atoms with E-state index in [0.717, 1.165) is 11.1 Å². The van der Waals surface area contributed by atoms with E-state index in [2.05, 4.69) is 4.74 Å². The third-order valence-electron chi connectivity index (χ3n) is 5.14. The number of hydrogen-bond acceptors (Lipinski definition) is 4. The number of ether oxygens (including phenoxy) is 2. The third kappa shape index (κ3) is 4.25. The van der Waals surface area contributed by atoms with Gasteiger partial charge in [0.25, 0.3) is 0 Å². The van der Waals surface area contributed by atoms with Crippen molar-refractivity contribution in [2.45, 2.75) is 38.0 Å². The number of cyclic esters (lactones) is 1. The number of carbonyl (C=O) groups excluding carboxylic acids is 1. The molecule has 3 rings (SSSR count). The molecule has 0 saturated carbocycles. The molecule has 0 spiro atoms. The lowest BCUT2D eigenvalue weighted by Crippen LogP contribution is -2.49. The van der Waals surface area contributed by atoms with Crippen LogP contribution in [0.5, 0.6) is 5.75 Å². The molecule has 0 aliphatic carbocycles. The molecule has 2 aromatic carbocycles. The van der Waals surface area contributed by atoms with Crippen LogP contribution in [0.25, 0.3) is 0 Å². The maximum atomic E-state index is 12.8. The SMILES string of the molecule is C[C@@H](c1ccc(OC(F)F)cc1)N1CCC(CCO)(c2ccccc2)OC1=O. The predicted molar refractivity (Wildman–Crippen MR) is 99.1 cm³/mol. The van der Waals surface area contributed by atoms with Crippen LogP contribution in [0.1, 0.15) is 36.9 Å². The van der Waals surface area contributed by atoms with E-state index in [1.54, 1.807) is 17.0 Å². The first-order valence-electron chi connectivity index (χ1n) is 9.16. The van der Waals surface area contributed by atoms with Gasteiger partial charge in [-0.25, -0.2) is 4.79 Å². The van der Waals surface area contributed by atoms with Gasteiger partial charge in [0.15, 0.2) is 0 Å². The number of aliphatic hydroxyl groups excluding tert-OH is 1. The number of alkyl halides is 2. The normalized spacial score (nSPS) is 20.8. The molecule has 1 unspecified atom stereocenters. The Morgan fingerprint density at radius 2 is 1.86 bits per heavy atom. The summed E-state index contributed by atoms with van der Waals surface area (Å²) in [6.07, 6.45) is 0.397. The van der Waals surface area contributed by atoms with Gasteiger partial charge in [-0.3, -0.25) is 0 Å². The van der Waals surface area contributed by atoms with E-state index in [0.29, 0.717) is 19.4 Å². The van der Waals surface area contributed by atoms with Crippen molar-refractivity contribution in [2.75, 3.05) is 13.2 Å². The average Bonchev–Trinajstić information content (AvgIpc) is 2.69. The topological polar surface area (TPSA) is 59.0 Å².